The van der Waals surface area contributed by atoms with Crippen molar-refractivity contribution in [1.82, 2.24) is 10.6 Å². The molecule has 0 radical (unpaired) electrons. The summed E-state index contributed by atoms with van der Waals surface area (Å²) in [6.45, 7) is 2.98. The van der Waals surface area contributed by atoms with E-state index in [0.29, 0.717) is 25.3 Å². The maximum Gasteiger partial charge on any atom is 0.315 e. The molecule has 1 rings (SSSR count). The fourth-order valence-electron chi connectivity index (χ4n) is 1.88. The lowest BCUT2D eigenvalue weighted by Gasteiger charge is -2.13. The number of hydrogen-bond acceptors (Lipinski definition) is 3. The van der Waals surface area contributed by atoms with Gasteiger partial charge in [-0.3, -0.25) is 0 Å². The molecule has 0 saturated carbocycles. The molecule has 1 atom stereocenters. The van der Waals surface area contributed by atoms with Crippen LogP contribution in [0.2, 0.25) is 0 Å². The van der Waals surface area contributed by atoms with E-state index in [9.17, 15) is 9.18 Å². The van der Waals surface area contributed by atoms with E-state index in [4.69, 9.17) is 5.11 Å². The summed E-state index contributed by atoms with van der Waals surface area (Å²) in [5, 5.41) is 14.3. The molecule has 0 aliphatic carbocycles. The smallest absolute Gasteiger partial charge is 0.315 e. The predicted octanol–water partition coefficient (Wildman–Crippen LogP) is 2.51. The number of halogens is 1. The van der Waals surface area contributed by atoms with Gasteiger partial charge in [-0.1, -0.05) is 13.0 Å². The Kier molecular flexibility index (Phi) is 8.15. The van der Waals surface area contributed by atoms with Gasteiger partial charge in [-0.25, -0.2) is 9.18 Å². The summed E-state index contributed by atoms with van der Waals surface area (Å²) in [6, 6.07) is 4.37. The summed E-state index contributed by atoms with van der Waals surface area (Å²) in [5.41, 5.74) is 1.82. The van der Waals surface area contributed by atoms with Gasteiger partial charge in [0, 0.05) is 25.4 Å². The van der Waals surface area contributed by atoms with Crippen LogP contribution in [-0.2, 0) is 12.3 Å². The van der Waals surface area contributed by atoms with Crippen molar-refractivity contribution in [3.63, 3.8) is 0 Å². The minimum absolute atomic E-state index is 0.123. The molecular weight excluding hydrogens is 291 g/mol. The molecule has 0 aliphatic rings. The Hall–Kier alpha value is -1.27. The molecule has 3 N–H and O–H groups in total. The van der Waals surface area contributed by atoms with Gasteiger partial charge in [0.1, 0.15) is 5.82 Å². The summed E-state index contributed by atoms with van der Waals surface area (Å²) >= 11 is 1.61. The van der Waals surface area contributed by atoms with Gasteiger partial charge in [-0.2, -0.15) is 11.8 Å². The average molecular weight is 314 g/mol. The van der Waals surface area contributed by atoms with E-state index in [1.54, 1.807) is 17.8 Å². The Balaban J connectivity index is 2.45. The van der Waals surface area contributed by atoms with Crippen molar-refractivity contribution in [2.75, 3.05) is 19.4 Å². The third kappa shape index (κ3) is 6.82. The van der Waals surface area contributed by atoms with Gasteiger partial charge in [0.25, 0.3) is 0 Å². The fraction of sp³-hybridized carbons (Fsp3) is 0.533. The van der Waals surface area contributed by atoms with E-state index in [1.165, 1.54) is 12.1 Å². The zero-order chi connectivity index (χ0) is 15.7. The molecule has 2 amide bonds. The van der Waals surface area contributed by atoms with Crippen molar-refractivity contribution in [1.29, 1.82) is 0 Å². The van der Waals surface area contributed by atoms with Crippen LogP contribution in [-0.4, -0.2) is 30.5 Å². The Labute approximate surface area is 129 Å². The molecule has 0 aromatic heterocycles. The number of amides is 2. The van der Waals surface area contributed by atoms with Gasteiger partial charge in [0.15, 0.2) is 0 Å². The Morgan fingerprint density at radius 2 is 2.14 bits per heavy atom. The highest BCUT2D eigenvalue weighted by Crippen LogP contribution is 2.16. The van der Waals surface area contributed by atoms with E-state index in [0.717, 1.165) is 11.1 Å². The van der Waals surface area contributed by atoms with Gasteiger partial charge in [0.05, 0.1) is 0 Å². The third-order valence-electron chi connectivity index (χ3n) is 3.14. The van der Waals surface area contributed by atoms with Crippen LogP contribution in [0, 0.1) is 11.7 Å². The standard InChI is InChI=1S/C15H23FN2O2S/c1-11(5-6-19)8-17-15(20)18-9-12-3-4-14(16)7-13(12)10-21-2/h3-4,7,11,19H,5-6,8-10H2,1-2H3,(H2,17,18,20). The number of nitrogens with one attached hydrogen (secondary N) is 2. The monoisotopic (exact) mass is 314 g/mol. The largest absolute Gasteiger partial charge is 0.396 e. The van der Waals surface area contributed by atoms with Gasteiger partial charge >= 0.3 is 6.03 Å². The fourth-order valence-corrected chi connectivity index (χ4v) is 2.46. The number of hydrogen-bond donors (Lipinski definition) is 3. The second-order valence-electron chi connectivity index (χ2n) is 5.03. The molecule has 0 bridgehead atoms. The maximum absolute atomic E-state index is 13.2. The number of thioether (sulfide) groups is 1. The summed E-state index contributed by atoms with van der Waals surface area (Å²) in [4.78, 5) is 11.7. The van der Waals surface area contributed by atoms with E-state index < -0.39 is 0 Å². The highest BCUT2D eigenvalue weighted by atomic mass is 32.2. The van der Waals surface area contributed by atoms with Gasteiger partial charge < -0.3 is 15.7 Å². The molecular formula is C15H23FN2O2S. The first-order valence-electron chi connectivity index (χ1n) is 6.95. The van der Waals surface area contributed by atoms with Gasteiger partial charge in [0.2, 0.25) is 0 Å². The lowest BCUT2D eigenvalue weighted by molar-refractivity contribution is 0.233. The SMILES string of the molecule is CSCc1cc(F)ccc1CNC(=O)NCC(C)CCO. The topological polar surface area (TPSA) is 61.4 Å². The average Bonchev–Trinajstić information content (AvgIpc) is 2.45. The van der Waals surface area contributed by atoms with Gasteiger partial charge in [-0.05, 0) is 41.9 Å². The molecule has 0 aliphatic heterocycles. The second-order valence-corrected chi connectivity index (χ2v) is 5.89. The van der Waals surface area contributed by atoms with Crippen LogP contribution in [0.4, 0.5) is 9.18 Å². The Morgan fingerprint density at radius 1 is 1.38 bits per heavy atom. The van der Waals surface area contributed by atoms with Crippen LogP contribution in [0.15, 0.2) is 18.2 Å². The normalized spacial score (nSPS) is 12.0. The zero-order valence-electron chi connectivity index (χ0n) is 12.5. The number of aliphatic hydroxyl groups excluding tert-OH is 1. The molecule has 1 aromatic carbocycles. The minimum atomic E-state index is -0.259. The first kappa shape index (κ1) is 17.8. The Morgan fingerprint density at radius 3 is 2.81 bits per heavy atom. The van der Waals surface area contributed by atoms with Crippen molar-refractivity contribution >= 4 is 17.8 Å². The van der Waals surface area contributed by atoms with Crippen molar-refractivity contribution in [2.24, 2.45) is 5.92 Å². The van der Waals surface area contributed by atoms with Crippen LogP contribution >= 0.6 is 11.8 Å². The van der Waals surface area contributed by atoms with Crippen molar-refractivity contribution < 1.29 is 14.3 Å². The first-order valence-corrected chi connectivity index (χ1v) is 8.35. The number of carbonyl (C=O) groups is 1. The van der Waals surface area contributed by atoms with Crippen LogP contribution < -0.4 is 10.6 Å². The molecule has 0 fully saturated rings. The molecule has 0 saturated heterocycles. The van der Waals surface area contributed by atoms with E-state index >= 15 is 0 Å². The maximum atomic E-state index is 13.2. The van der Waals surface area contributed by atoms with Crippen LogP contribution in [0.1, 0.15) is 24.5 Å². The Bertz CT molecular complexity index is 457. The molecule has 1 unspecified atom stereocenters. The van der Waals surface area contributed by atoms with Crippen LogP contribution in [0.25, 0.3) is 0 Å². The summed E-state index contributed by atoms with van der Waals surface area (Å²) in [6.07, 6.45) is 2.62. The second kappa shape index (κ2) is 9.63. The van der Waals surface area contributed by atoms with Crippen LogP contribution in [0.5, 0.6) is 0 Å². The molecule has 6 heteroatoms. The number of carbonyl (C=O) groups excluding carboxylic acids is 1. The molecule has 0 heterocycles. The number of aliphatic hydroxyl groups is 1. The highest BCUT2D eigenvalue weighted by molar-refractivity contribution is 7.97. The third-order valence-corrected chi connectivity index (χ3v) is 3.74. The minimum Gasteiger partial charge on any atom is -0.396 e. The van der Waals surface area contributed by atoms with Crippen molar-refractivity contribution in [3.8, 4) is 0 Å². The molecule has 1 aromatic rings. The highest BCUT2D eigenvalue weighted by Gasteiger charge is 2.07. The summed E-state index contributed by atoms with van der Waals surface area (Å²) in [7, 11) is 0. The van der Waals surface area contributed by atoms with Crippen molar-refractivity contribution in [3.05, 3.63) is 35.1 Å². The zero-order valence-corrected chi connectivity index (χ0v) is 13.3. The van der Waals surface area contributed by atoms with E-state index in [2.05, 4.69) is 10.6 Å². The van der Waals surface area contributed by atoms with E-state index in [-0.39, 0.29) is 24.4 Å². The quantitative estimate of drug-likeness (QED) is 0.691. The first-order chi connectivity index (χ1) is 10.1. The summed E-state index contributed by atoms with van der Waals surface area (Å²) < 4.78 is 13.2. The lowest BCUT2D eigenvalue weighted by atomic mass is 10.1. The number of urea groups is 1. The van der Waals surface area contributed by atoms with Crippen molar-refractivity contribution in [2.45, 2.75) is 25.6 Å². The molecule has 118 valence electrons. The van der Waals surface area contributed by atoms with Crippen LogP contribution in [0.3, 0.4) is 0 Å². The summed E-state index contributed by atoms with van der Waals surface area (Å²) in [5.74, 6) is 0.688. The predicted molar refractivity (Wildman–Crippen MR) is 84.7 cm³/mol. The number of benzene rings is 1. The lowest BCUT2D eigenvalue weighted by Crippen LogP contribution is -2.37. The van der Waals surface area contributed by atoms with Gasteiger partial charge in [-0.15, -0.1) is 0 Å². The molecule has 21 heavy (non-hydrogen) atoms. The van der Waals surface area contributed by atoms with E-state index in [1.807, 2.05) is 13.2 Å². The molecule has 4 nitrogen and oxygen atoms in total. The molecule has 0 spiro atoms. The number of rotatable bonds is 8.